The highest BCUT2D eigenvalue weighted by atomic mass is 16.6. The van der Waals surface area contributed by atoms with Crippen molar-refractivity contribution in [2.75, 3.05) is 13.2 Å². The number of carbonyl (C=O) groups is 2. The molecule has 0 bridgehead atoms. The highest BCUT2D eigenvalue weighted by molar-refractivity contribution is 5.70. The Labute approximate surface area is 349 Å². The van der Waals surface area contributed by atoms with Crippen LogP contribution in [-0.4, -0.2) is 36.4 Å². The van der Waals surface area contributed by atoms with Crippen LogP contribution in [0.1, 0.15) is 271 Å². The van der Waals surface area contributed by atoms with Crippen LogP contribution in [0.3, 0.4) is 0 Å². The summed E-state index contributed by atoms with van der Waals surface area (Å²) in [5.74, 6) is -0.576. The van der Waals surface area contributed by atoms with Gasteiger partial charge >= 0.3 is 11.9 Å². The van der Waals surface area contributed by atoms with E-state index in [0.29, 0.717) is 12.8 Å². The van der Waals surface area contributed by atoms with Crippen LogP contribution >= 0.6 is 0 Å². The third-order valence-electron chi connectivity index (χ3n) is 11.2. The first-order valence-corrected chi connectivity index (χ1v) is 24.9. The first kappa shape index (κ1) is 54.4. The van der Waals surface area contributed by atoms with Gasteiger partial charge in [-0.15, -0.1) is 0 Å². The molecule has 0 aromatic carbocycles. The molecule has 0 amide bonds. The van der Waals surface area contributed by atoms with E-state index < -0.39 is 6.10 Å². The van der Waals surface area contributed by atoms with Gasteiger partial charge in [-0.25, -0.2) is 0 Å². The van der Waals surface area contributed by atoms with E-state index in [1.165, 1.54) is 205 Å². The fourth-order valence-corrected chi connectivity index (χ4v) is 7.47. The topological polar surface area (TPSA) is 72.8 Å². The zero-order valence-electron chi connectivity index (χ0n) is 37.7. The van der Waals surface area contributed by atoms with Crippen LogP contribution in [-0.2, 0) is 19.1 Å². The van der Waals surface area contributed by atoms with Crippen molar-refractivity contribution in [1.82, 2.24) is 0 Å². The van der Waals surface area contributed by atoms with E-state index >= 15 is 0 Å². The highest BCUT2D eigenvalue weighted by Gasteiger charge is 2.16. The zero-order valence-corrected chi connectivity index (χ0v) is 37.7. The van der Waals surface area contributed by atoms with Crippen LogP contribution in [0.5, 0.6) is 0 Å². The lowest BCUT2D eigenvalue weighted by molar-refractivity contribution is -0.161. The average Bonchev–Trinajstić information content (AvgIpc) is 3.20. The molecule has 0 aromatic heterocycles. The summed E-state index contributed by atoms with van der Waals surface area (Å²) in [7, 11) is 0. The van der Waals surface area contributed by atoms with Crippen molar-refractivity contribution < 1.29 is 24.2 Å². The molecule has 1 N–H and O–H groups in total. The number of aliphatic hydroxyl groups is 1. The summed E-state index contributed by atoms with van der Waals surface area (Å²) in [6.45, 7) is 4.16. The Morgan fingerprint density at radius 1 is 0.411 bits per heavy atom. The molecule has 1 atom stereocenters. The van der Waals surface area contributed by atoms with E-state index in [-0.39, 0.29) is 25.2 Å². The maximum absolute atomic E-state index is 12.2. The summed E-state index contributed by atoms with van der Waals surface area (Å²) >= 11 is 0. The van der Waals surface area contributed by atoms with Gasteiger partial charge in [-0.1, -0.05) is 237 Å². The standard InChI is InChI=1S/C51H96O5/c1-3-5-7-9-11-13-15-17-18-19-20-21-22-23-24-25-26-27-28-29-30-31-32-34-36-38-40-42-44-46-51(54)56-49(47-52)48-55-50(53)45-43-41-39-37-35-33-16-14-12-10-8-6-4-2/h15,17,19-20,49,52H,3-14,16,18,21-48H2,1-2H3/b17-15-,20-19-. The number of hydrogen-bond donors (Lipinski definition) is 1. The summed E-state index contributed by atoms with van der Waals surface area (Å²) in [4.78, 5) is 24.4. The highest BCUT2D eigenvalue weighted by Crippen LogP contribution is 2.16. The molecule has 1 unspecified atom stereocenters. The number of allylic oxidation sites excluding steroid dienone is 4. The van der Waals surface area contributed by atoms with E-state index in [4.69, 9.17) is 9.47 Å². The van der Waals surface area contributed by atoms with E-state index in [1.807, 2.05) is 0 Å². The molecule has 56 heavy (non-hydrogen) atoms. The van der Waals surface area contributed by atoms with Crippen LogP contribution < -0.4 is 0 Å². The number of esters is 2. The quantitative estimate of drug-likeness (QED) is 0.0378. The molecule has 330 valence electrons. The molecule has 5 heteroatoms. The molecule has 0 rings (SSSR count). The Bertz CT molecular complexity index is 851. The Morgan fingerprint density at radius 3 is 1.05 bits per heavy atom. The summed E-state index contributed by atoms with van der Waals surface area (Å²) in [5.41, 5.74) is 0. The number of unbranched alkanes of at least 4 members (excludes halogenated alkanes) is 34. The Balaban J connectivity index is 3.42. The number of aliphatic hydroxyl groups excluding tert-OH is 1. The van der Waals surface area contributed by atoms with Crippen LogP contribution in [0.2, 0.25) is 0 Å². The predicted octanol–water partition coefficient (Wildman–Crippen LogP) is 16.2. The number of rotatable bonds is 46. The van der Waals surface area contributed by atoms with Gasteiger partial charge < -0.3 is 14.6 Å². The number of carbonyl (C=O) groups excluding carboxylic acids is 2. The van der Waals surface area contributed by atoms with E-state index in [0.717, 1.165) is 38.5 Å². The van der Waals surface area contributed by atoms with Gasteiger partial charge in [0.2, 0.25) is 0 Å². The second-order valence-corrected chi connectivity index (χ2v) is 16.9. The first-order valence-electron chi connectivity index (χ1n) is 24.9. The molecule has 0 fully saturated rings. The van der Waals surface area contributed by atoms with Crippen molar-refractivity contribution in [2.24, 2.45) is 0 Å². The minimum atomic E-state index is -0.766. The lowest BCUT2D eigenvalue weighted by Crippen LogP contribution is -2.28. The molecule has 0 aliphatic carbocycles. The summed E-state index contributed by atoms with van der Waals surface area (Å²) in [6, 6.07) is 0. The minimum Gasteiger partial charge on any atom is -0.462 e. The molecule has 0 radical (unpaired) electrons. The summed E-state index contributed by atoms with van der Waals surface area (Å²) in [6.07, 6.45) is 58.5. The van der Waals surface area contributed by atoms with Crippen molar-refractivity contribution in [3.05, 3.63) is 24.3 Å². The smallest absolute Gasteiger partial charge is 0.306 e. The normalized spacial score (nSPS) is 12.3. The fourth-order valence-electron chi connectivity index (χ4n) is 7.47. The van der Waals surface area contributed by atoms with Crippen LogP contribution in [0.4, 0.5) is 0 Å². The maximum atomic E-state index is 12.2. The minimum absolute atomic E-state index is 0.0594. The number of ether oxygens (including phenoxy) is 2. The molecular weight excluding hydrogens is 693 g/mol. The molecule has 5 nitrogen and oxygen atoms in total. The van der Waals surface area contributed by atoms with Gasteiger partial charge in [-0.2, -0.15) is 0 Å². The van der Waals surface area contributed by atoms with Gasteiger partial charge in [0, 0.05) is 12.8 Å². The van der Waals surface area contributed by atoms with Gasteiger partial charge in [-0.3, -0.25) is 9.59 Å². The van der Waals surface area contributed by atoms with Crippen molar-refractivity contribution in [3.8, 4) is 0 Å². The van der Waals surface area contributed by atoms with Crippen LogP contribution in [0.25, 0.3) is 0 Å². The molecule has 0 spiro atoms. The number of hydrogen-bond acceptors (Lipinski definition) is 5. The largest absolute Gasteiger partial charge is 0.462 e. The third kappa shape index (κ3) is 45.1. The lowest BCUT2D eigenvalue weighted by atomic mass is 10.0. The molecule has 0 saturated carbocycles. The average molecular weight is 789 g/mol. The van der Waals surface area contributed by atoms with Crippen LogP contribution in [0.15, 0.2) is 24.3 Å². The molecule has 0 aromatic rings. The zero-order chi connectivity index (χ0) is 40.7. The fraction of sp³-hybridized carbons (Fsp3) is 0.882. The summed E-state index contributed by atoms with van der Waals surface area (Å²) in [5, 5.41) is 9.60. The van der Waals surface area contributed by atoms with E-state index in [1.54, 1.807) is 0 Å². The second-order valence-electron chi connectivity index (χ2n) is 16.9. The molecule has 0 heterocycles. The molecule has 0 saturated heterocycles. The van der Waals surface area contributed by atoms with Gasteiger partial charge in [0.15, 0.2) is 6.10 Å². The lowest BCUT2D eigenvalue weighted by Gasteiger charge is -2.15. The summed E-state index contributed by atoms with van der Waals surface area (Å²) < 4.78 is 10.7. The van der Waals surface area contributed by atoms with Crippen molar-refractivity contribution in [3.63, 3.8) is 0 Å². The monoisotopic (exact) mass is 789 g/mol. The van der Waals surface area contributed by atoms with Gasteiger partial charge in [0.1, 0.15) is 6.61 Å². The van der Waals surface area contributed by atoms with E-state index in [2.05, 4.69) is 38.2 Å². The Hall–Kier alpha value is -1.62. The molecule has 0 aliphatic heterocycles. The van der Waals surface area contributed by atoms with Gasteiger partial charge in [0.25, 0.3) is 0 Å². The Morgan fingerprint density at radius 2 is 0.714 bits per heavy atom. The van der Waals surface area contributed by atoms with Crippen molar-refractivity contribution in [2.45, 2.75) is 277 Å². The van der Waals surface area contributed by atoms with Gasteiger partial charge in [-0.05, 0) is 44.9 Å². The van der Waals surface area contributed by atoms with Crippen LogP contribution in [0, 0.1) is 0 Å². The molecule has 0 aliphatic rings. The molecular formula is C51H96O5. The first-order chi connectivity index (χ1) is 27.6. The predicted molar refractivity (Wildman–Crippen MR) is 242 cm³/mol. The van der Waals surface area contributed by atoms with Crippen molar-refractivity contribution in [1.29, 1.82) is 0 Å². The van der Waals surface area contributed by atoms with Crippen molar-refractivity contribution >= 4 is 11.9 Å². The SMILES string of the molecule is CCCCCCC/C=C\C/C=C\CCCCCCCCCCCCCCCCCCCC(=O)OC(CO)COC(=O)CCCCCCCCCCCCCCC. The maximum Gasteiger partial charge on any atom is 0.306 e. The van der Waals surface area contributed by atoms with E-state index in [9.17, 15) is 14.7 Å². The Kier molecular flexibility index (Phi) is 46.4. The third-order valence-corrected chi connectivity index (χ3v) is 11.2. The second kappa shape index (κ2) is 47.8. The van der Waals surface area contributed by atoms with Gasteiger partial charge in [0.05, 0.1) is 6.61 Å².